The molecule has 0 unspecified atom stereocenters. The number of benzene rings is 2. The molecule has 0 saturated carbocycles. The van der Waals surface area contributed by atoms with Gasteiger partial charge in [0.1, 0.15) is 24.1 Å². The maximum Gasteiger partial charge on any atom is 0.251 e. The minimum absolute atomic E-state index is 0.165. The predicted molar refractivity (Wildman–Crippen MR) is 127 cm³/mol. The summed E-state index contributed by atoms with van der Waals surface area (Å²) in [6.07, 6.45) is 0.564. The lowest BCUT2D eigenvalue weighted by Gasteiger charge is -2.35. The van der Waals surface area contributed by atoms with Crippen LogP contribution in [0.15, 0.2) is 60.7 Å². The van der Waals surface area contributed by atoms with Gasteiger partial charge in [0.25, 0.3) is 5.91 Å². The third-order valence-corrected chi connectivity index (χ3v) is 5.75. The molecule has 0 aliphatic carbocycles. The predicted octanol–water partition coefficient (Wildman–Crippen LogP) is 3.76. The van der Waals surface area contributed by atoms with Gasteiger partial charge in [-0.15, -0.1) is 0 Å². The molecular weight excluding hydrogens is 434 g/mol. The van der Waals surface area contributed by atoms with Crippen LogP contribution in [0.1, 0.15) is 29.8 Å². The van der Waals surface area contributed by atoms with Gasteiger partial charge in [0.15, 0.2) is 0 Å². The fourth-order valence-electron chi connectivity index (χ4n) is 4.03. The Kier molecular flexibility index (Phi) is 6.96. The van der Waals surface area contributed by atoms with Gasteiger partial charge in [-0.2, -0.15) is 0 Å². The number of nitrogens with one attached hydrogen (secondary N) is 1. The number of ether oxygens (including phenoxy) is 3. The van der Waals surface area contributed by atoms with Gasteiger partial charge in [-0.3, -0.25) is 9.59 Å². The average molecular weight is 462 g/mol. The second-order valence-corrected chi connectivity index (χ2v) is 7.87. The molecule has 8 nitrogen and oxygen atoms in total. The molecular formula is C26H27N3O5. The summed E-state index contributed by atoms with van der Waals surface area (Å²) in [5.41, 5.74) is 3.01. The van der Waals surface area contributed by atoms with Crippen LogP contribution in [0.3, 0.4) is 0 Å². The Bertz CT molecular complexity index is 1180. The summed E-state index contributed by atoms with van der Waals surface area (Å²) < 4.78 is 16.4. The molecule has 1 N–H and O–H groups in total. The number of aromatic nitrogens is 1. The fourth-order valence-corrected chi connectivity index (χ4v) is 4.03. The highest BCUT2D eigenvalue weighted by Gasteiger charge is 2.35. The van der Waals surface area contributed by atoms with Crippen molar-refractivity contribution in [2.24, 2.45) is 0 Å². The molecule has 2 aromatic carbocycles. The number of hydrogen-bond acceptors (Lipinski definition) is 6. The number of para-hydroxylation sites is 1. The number of anilines is 1. The molecule has 3 aromatic rings. The number of hydrogen-bond donors (Lipinski definition) is 1. The van der Waals surface area contributed by atoms with Crippen LogP contribution in [0.25, 0.3) is 0 Å². The summed E-state index contributed by atoms with van der Waals surface area (Å²) in [6, 6.07) is 17.5. The van der Waals surface area contributed by atoms with Crippen LogP contribution in [-0.2, 0) is 22.6 Å². The Hall–Kier alpha value is -4.07. The van der Waals surface area contributed by atoms with Gasteiger partial charge in [0.05, 0.1) is 19.9 Å². The van der Waals surface area contributed by atoms with Crippen molar-refractivity contribution in [3.8, 4) is 17.4 Å². The Morgan fingerprint density at radius 2 is 1.79 bits per heavy atom. The van der Waals surface area contributed by atoms with E-state index < -0.39 is 6.04 Å². The molecule has 0 fully saturated rings. The van der Waals surface area contributed by atoms with E-state index in [9.17, 15) is 9.59 Å². The number of carbonyl (C=O) groups excluding carboxylic acids is 2. The van der Waals surface area contributed by atoms with Crippen molar-refractivity contribution < 1.29 is 23.8 Å². The van der Waals surface area contributed by atoms with Crippen LogP contribution in [0, 0.1) is 0 Å². The lowest BCUT2D eigenvalue weighted by atomic mass is 9.95. The van der Waals surface area contributed by atoms with Crippen LogP contribution in [0.4, 0.5) is 5.69 Å². The second-order valence-electron chi connectivity index (χ2n) is 7.87. The fraction of sp³-hybridized carbons (Fsp3) is 0.269. The standard InChI is InChI=1S/C26H27N3O5/c1-17(30)29-15-14-22-21(12-13-24(28-22)33-3)25(29)26(31)27-19-8-10-20(11-9-19)34-16-18-6-4-5-7-23(18)32-2/h4-13,25H,14-16H2,1-3H3,(H,27,31)/t25-/m1/s1. The number of carbonyl (C=O) groups is 2. The van der Waals surface area contributed by atoms with E-state index in [4.69, 9.17) is 14.2 Å². The van der Waals surface area contributed by atoms with Crippen molar-refractivity contribution in [2.45, 2.75) is 26.0 Å². The zero-order chi connectivity index (χ0) is 24.1. The zero-order valence-corrected chi connectivity index (χ0v) is 19.4. The maximum atomic E-state index is 13.3. The first-order chi connectivity index (χ1) is 16.5. The van der Waals surface area contributed by atoms with Gasteiger partial charge in [-0.25, -0.2) is 4.98 Å². The van der Waals surface area contributed by atoms with E-state index in [1.54, 1.807) is 55.5 Å². The topological polar surface area (TPSA) is 90.0 Å². The minimum atomic E-state index is -0.763. The molecule has 1 aliphatic heterocycles. The van der Waals surface area contributed by atoms with Gasteiger partial charge >= 0.3 is 0 Å². The van der Waals surface area contributed by atoms with Crippen molar-refractivity contribution in [3.63, 3.8) is 0 Å². The number of nitrogens with zero attached hydrogens (tertiary/aromatic N) is 2. The molecule has 2 amide bonds. The molecule has 0 bridgehead atoms. The molecule has 0 saturated heterocycles. The number of fused-ring (bicyclic) bond motifs is 1. The van der Waals surface area contributed by atoms with E-state index in [0.717, 1.165) is 17.0 Å². The monoisotopic (exact) mass is 461 g/mol. The minimum Gasteiger partial charge on any atom is -0.496 e. The summed E-state index contributed by atoms with van der Waals surface area (Å²) in [6.45, 7) is 2.24. The van der Waals surface area contributed by atoms with Crippen molar-refractivity contribution in [1.29, 1.82) is 0 Å². The Morgan fingerprint density at radius 1 is 1.03 bits per heavy atom. The SMILES string of the molecule is COc1ccc2c(n1)CCN(C(C)=O)[C@H]2C(=O)Nc1ccc(OCc2ccccc2OC)cc1. The van der Waals surface area contributed by atoms with Gasteiger partial charge in [-0.05, 0) is 36.4 Å². The van der Waals surface area contributed by atoms with Crippen molar-refractivity contribution in [1.82, 2.24) is 9.88 Å². The molecule has 34 heavy (non-hydrogen) atoms. The number of pyridine rings is 1. The Labute approximate surface area is 198 Å². The summed E-state index contributed by atoms with van der Waals surface area (Å²) in [4.78, 5) is 31.5. The second kappa shape index (κ2) is 10.2. The first-order valence-corrected chi connectivity index (χ1v) is 11.0. The first-order valence-electron chi connectivity index (χ1n) is 11.0. The Balaban J connectivity index is 1.47. The van der Waals surface area contributed by atoms with Crippen molar-refractivity contribution in [2.75, 3.05) is 26.1 Å². The van der Waals surface area contributed by atoms with Gasteiger partial charge < -0.3 is 24.4 Å². The van der Waals surface area contributed by atoms with Crippen LogP contribution in [-0.4, -0.2) is 42.5 Å². The highest BCUT2D eigenvalue weighted by molar-refractivity contribution is 5.98. The molecule has 176 valence electrons. The van der Waals surface area contributed by atoms with Crippen LogP contribution in [0.5, 0.6) is 17.4 Å². The molecule has 1 atom stereocenters. The molecule has 4 rings (SSSR count). The highest BCUT2D eigenvalue weighted by atomic mass is 16.5. The van der Waals surface area contributed by atoms with Crippen molar-refractivity contribution in [3.05, 3.63) is 77.5 Å². The molecule has 1 aromatic heterocycles. The maximum absolute atomic E-state index is 13.3. The van der Waals surface area contributed by atoms with Gasteiger partial charge in [0, 0.05) is 42.8 Å². The normalized spacial score (nSPS) is 14.7. The quantitative estimate of drug-likeness (QED) is 0.576. The highest BCUT2D eigenvalue weighted by Crippen LogP contribution is 2.32. The number of methoxy groups -OCH3 is 2. The first kappa shape index (κ1) is 23.1. The molecule has 0 spiro atoms. The van der Waals surface area contributed by atoms with Crippen LogP contribution in [0.2, 0.25) is 0 Å². The van der Waals surface area contributed by atoms with E-state index in [1.807, 2.05) is 24.3 Å². The van der Waals surface area contributed by atoms with Crippen LogP contribution >= 0.6 is 0 Å². The summed E-state index contributed by atoms with van der Waals surface area (Å²) in [5.74, 6) is 1.44. The smallest absolute Gasteiger partial charge is 0.251 e. The van der Waals surface area contributed by atoms with Crippen molar-refractivity contribution >= 4 is 17.5 Å². The largest absolute Gasteiger partial charge is 0.496 e. The van der Waals surface area contributed by atoms with E-state index >= 15 is 0 Å². The summed E-state index contributed by atoms with van der Waals surface area (Å²) in [5, 5.41) is 2.92. The average Bonchev–Trinajstić information content (AvgIpc) is 2.87. The van der Waals surface area contributed by atoms with Gasteiger partial charge in [-0.1, -0.05) is 18.2 Å². The van der Waals surface area contributed by atoms with E-state index in [2.05, 4.69) is 10.3 Å². The third-order valence-electron chi connectivity index (χ3n) is 5.75. The molecule has 0 radical (unpaired) electrons. The number of amides is 2. The van der Waals surface area contributed by atoms with E-state index in [1.165, 1.54) is 6.92 Å². The summed E-state index contributed by atoms with van der Waals surface area (Å²) in [7, 11) is 3.17. The lowest BCUT2D eigenvalue weighted by Crippen LogP contribution is -2.44. The lowest BCUT2D eigenvalue weighted by molar-refractivity contribution is -0.137. The number of rotatable bonds is 7. The molecule has 8 heteroatoms. The molecule has 2 heterocycles. The van der Waals surface area contributed by atoms with Gasteiger partial charge in [0.2, 0.25) is 11.8 Å². The third kappa shape index (κ3) is 4.96. The zero-order valence-electron chi connectivity index (χ0n) is 19.4. The van der Waals surface area contributed by atoms with E-state index in [0.29, 0.717) is 42.5 Å². The van der Waals surface area contributed by atoms with E-state index in [-0.39, 0.29) is 11.8 Å². The molecule has 1 aliphatic rings. The summed E-state index contributed by atoms with van der Waals surface area (Å²) >= 11 is 0. The van der Waals surface area contributed by atoms with Crippen LogP contribution < -0.4 is 19.5 Å². The Morgan fingerprint density at radius 3 is 2.50 bits per heavy atom.